The number of benzene rings is 2. The Kier molecular flexibility index (Phi) is 7.99. The number of aryl methyl sites for hydroxylation is 1. The van der Waals surface area contributed by atoms with Gasteiger partial charge in [-0.15, -0.1) is 17.9 Å². The molecule has 0 spiro atoms. The number of fused-ring (bicyclic) bond motifs is 1. The van der Waals surface area contributed by atoms with Gasteiger partial charge < -0.3 is 19.3 Å². The number of ether oxygens (including phenoxy) is 2. The van der Waals surface area contributed by atoms with Crippen molar-refractivity contribution in [1.82, 2.24) is 9.80 Å². The van der Waals surface area contributed by atoms with E-state index in [1.165, 1.54) is 0 Å². The molecule has 0 saturated heterocycles. The van der Waals surface area contributed by atoms with Gasteiger partial charge in [0.1, 0.15) is 6.54 Å². The Hall–Kier alpha value is -3.58. The molecule has 0 aliphatic carbocycles. The van der Waals surface area contributed by atoms with Crippen molar-refractivity contribution in [3.63, 3.8) is 0 Å². The number of carbonyl (C=O) groups excluding carboxylic acids is 2. The maximum Gasteiger partial charge on any atom is 0.242 e. The summed E-state index contributed by atoms with van der Waals surface area (Å²) in [6.45, 7) is 5.21. The van der Waals surface area contributed by atoms with Gasteiger partial charge in [-0.3, -0.25) is 9.59 Å². The summed E-state index contributed by atoms with van der Waals surface area (Å²) in [7, 11) is 0. The predicted octanol–water partition coefficient (Wildman–Crippen LogP) is 4.65. The van der Waals surface area contributed by atoms with Crippen LogP contribution in [0.5, 0.6) is 11.5 Å². The quantitative estimate of drug-likeness (QED) is 0.378. The van der Waals surface area contributed by atoms with E-state index in [1.807, 2.05) is 66.0 Å². The van der Waals surface area contributed by atoms with Crippen molar-refractivity contribution in [2.45, 2.75) is 25.9 Å². The van der Waals surface area contributed by atoms with Gasteiger partial charge in [-0.25, -0.2) is 0 Å². The van der Waals surface area contributed by atoms with E-state index >= 15 is 0 Å². The largest absolute Gasteiger partial charge is 0.454 e. The van der Waals surface area contributed by atoms with Crippen LogP contribution in [0, 0.1) is 0 Å². The Balaban J connectivity index is 1.44. The van der Waals surface area contributed by atoms with Crippen molar-refractivity contribution >= 4 is 23.2 Å². The third-order valence-electron chi connectivity index (χ3n) is 5.59. The number of thiophene rings is 1. The minimum Gasteiger partial charge on any atom is -0.454 e. The van der Waals surface area contributed by atoms with Gasteiger partial charge in [-0.2, -0.15) is 0 Å². The minimum atomic E-state index is -0.110. The molecule has 176 valence electrons. The summed E-state index contributed by atoms with van der Waals surface area (Å²) in [4.78, 5) is 30.8. The van der Waals surface area contributed by atoms with Crippen LogP contribution in [0.15, 0.2) is 78.7 Å². The lowest BCUT2D eigenvalue weighted by Gasteiger charge is -2.27. The maximum atomic E-state index is 13.4. The number of rotatable bonds is 11. The summed E-state index contributed by atoms with van der Waals surface area (Å²) in [6.07, 6.45) is 2.64. The topological polar surface area (TPSA) is 59.1 Å². The van der Waals surface area contributed by atoms with Gasteiger partial charge in [-0.1, -0.05) is 48.5 Å². The molecule has 1 aliphatic rings. The van der Waals surface area contributed by atoms with Gasteiger partial charge in [0.2, 0.25) is 18.6 Å². The van der Waals surface area contributed by atoms with Crippen molar-refractivity contribution in [1.29, 1.82) is 0 Å². The van der Waals surface area contributed by atoms with Gasteiger partial charge in [0, 0.05) is 24.4 Å². The van der Waals surface area contributed by atoms with Gasteiger partial charge >= 0.3 is 0 Å². The fourth-order valence-corrected chi connectivity index (χ4v) is 4.53. The highest BCUT2D eigenvalue weighted by atomic mass is 32.1. The predicted molar refractivity (Wildman–Crippen MR) is 133 cm³/mol. The molecule has 1 aromatic heterocycles. The third-order valence-corrected chi connectivity index (χ3v) is 6.45. The third kappa shape index (κ3) is 6.26. The molecule has 2 heterocycles. The van der Waals surface area contributed by atoms with Crippen LogP contribution < -0.4 is 9.47 Å². The zero-order chi connectivity index (χ0) is 23.8. The molecule has 0 fully saturated rings. The minimum absolute atomic E-state index is 0.00949. The molecular weight excluding hydrogens is 448 g/mol. The normalized spacial score (nSPS) is 11.8. The summed E-state index contributed by atoms with van der Waals surface area (Å²) in [5, 5.41) is 2.00. The molecule has 2 aromatic carbocycles. The second kappa shape index (κ2) is 11.5. The molecule has 0 saturated carbocycles. The highest BCUT2D eigenvalue weighted by molar-refractivity contribution is 7.09. The zero-order valence-electron chi connectivity index (χ0n) is 19.0. The maximum absolute atomic E-state index is 13.4. The second-order valence-corrected chi connectivity index (χ2v) is 9.10. The van der Waals surface area contributed by atoms with Crippen LogP contribution in [-0.4, -0.2) is 41.5 Å². The van der Waals surface area contributed by atoms with E-state index in [1.54, 1.807) is 27.2 Å². The molecule has 2 amide bonds. The van der Waals surface area contributed by atoms with Crippen LogP contribution in [0.1, 0.15) is 22.4 Å². The number of nitrogens with zero attached hydrogens (tertiary/aromatic N) is 2. The van der Waals surface area contributed by atoms with Gasteiger partial charge in [-0.05, 0) is 41.1 Å². The molecular formula is C27H28N2O4S. The van der Waals surface area contributed by atoms with E-state index in [2.05, 4.69) is 6.58 Å². The molecule has 0 unspecified atom stereocenters. The Morgan fingerprint density at radius 1 is 0.912 bits per heavy atom. The molecule has 0 N–H and O–H groups in total. The number of hydrogen-bond acceptors (Lipinski definition) is 5. The Bertz CT molecular complexity index is 1110. The highest BCUT2D eigenvalue weighted by Crippen LogP contribution is 2.33. The van der Waals surface area contributed by atoms with Gasteiger partial charge in [0.25, 0.3) is 0 Å². The van der Waals surface area contributed by atoms with Crippen LogP contribution >= 0.6 is 11.3 Å². The summed E-state index contributed by atoms with van der Waals surface area (Å²) in [6, 6.07) is 19.6. The van der Waals surface area contributed by atoms with Crippen LogP contribution in [0.3, 0.4) is 0 Å². The zero-order valence-corrected chi connectivity index (χ0v) is 19.8. The molecule has 0 bridgehead atoms. The van der Waals surface area contributed by atoms with E-state index in [-0.39, 0.29) is 25.2 Å². The highest BCUT2D eigenvalue weighted by Gasteiger charge is 2.22. The lowest BCUT2D eigenvalue weighted by Crippen LogP contribution is -2.42. The Morgan fingerprint density at radius 3 is 2.50 bits per heavy atom. The average Bonchev–Trinajstić information content (AvgIpc) is 3.54. The summed E-state index contributed by atoms with van der Waals surface area (Å²) < 4.78 is 10.9. The first-order valence-electron chi connectivity index (χ1n) is 11.2. The van der Waals surface area contributed by atoms with Crippen molar-refractivity contribution in [2.75, 3.05) is 19.9 Å². The molecule has 1 aliphatic heterocycles. The number of carbonyl (C=O) groups is 2. The summed E-state index contributed by atoms with van der Waals surface area (Å²) in [5.74, 6) is 1.23. The van der Waals surface area contributed by atoms with Crippen LogP contribution in [0.25, 0.3) is 0 Å². The smallest absolute Gasteiger partial charge is 0.242 e. The molecule has 3 aromatic rings. The molecule has 7 heteroatoms. The van der Waals surface area contributed by atoms with E-state index in [0.717, 1.165) is 16.0 Å². The van der Waals surface area contributed by atoms with E-state index in [9.17, 15) is 9.59 Å². The average molecular weight is 477 g/mol. The van der Waals surface area contributed by atoms with E-state index < -0.39 is 0 Å². The van der Waals surface area contributed by atoms with Crippen LogP contribution in [0.4, 0.5) is 0 Å². The SMILES string of the molecule is C=CCN(CC(=O)N(Cc1ccc2c(c1)OCO2)Cc1cccs1)C(=O)CCc1ccccc1. The Labute approximate surface area is 204 Å². The standard InChI is InChI=1S/C27H28N2O4S/c1-2-14-28(26(30)13-11-21-7-4-3-5-8-21)19-27(31)29(18-23-9-6-15-34-23)17-22-10-12-24-25(16-22)33-20-32-24/h2-10,12,15-16H,1,11,13-14,17-20H2. The van der Waals surface area contributed by atoms with Crippen LogP contribution in [0.2, 0.25) is 0 Å². The lowest BCUT2D eigenvalue weighted by molar-refractivity contribution is -0.140. The molecule has 6 nitrogen and oxygen atoms in total. The van der Waals surface area contributed by atoms with Crippen molar-refractivity contribution in [3.8, 4) is 11.5 Å². The Morgan fingerprint density at radius 2 is 1.74 bits per heavy atom. The first-order chi connectivity index (χ1) is 16.6. The molecule has 34 heavy (non-hydrogen) atoms. The number of amides is 2. The monoisotopic (exact) mass is 476 g/mol. The molecule has 0 atom stereocenters. The molecule has 0 radical (unpaired) electrons. The van der Waals surface area contributed by atoms with E-state index in [0.29, 0.717) is 44.0 Å². The van der Waals surface area contributed by atoms with E-state index in [4.69, 9.17) is 9.47 Å². The van der Waals surface area contributed by atoms with Crippen LogP contribution in [-0.2, 0) is 29.1 Å². The van der Waals surface area contributed by atoms with Gasteiger partial charge in [0.15, 0.2) is 11.5 Å². The van der Waals surface area contributed by atoms with Crippen molar-refractivity contribution < 1.29 is 19.1 Å². The number of hydrogen-bond donors (Lipinski definition) is 0. The van der Waals surface area contributed by atoms with Crippen molar-refractivity contribution in [3.05, 3.63) is 94.7 Å². The second-order valence-electron chi connectivity index (χ2n) is 8.07. The lowest BCUT2D eigenvalue weighted by atomic mass is 10.1. The van der Waals surface area contributed by atoms with Gasteiger partial charge in [0.05, 0.1) is 6.54 Å². The summed E-state index contributed by atoms with van der Waals surface area (Å²) in [5.41, 5.74) is 2.04. The van der Waals surface area contributed by atoms with Crippen molar-refractivity contribution in [2.24, 2.45) is 0 Å². The summed E-state index contributed by atoms with van der Waals surface area (Å²) >= 11 is 1.61. The first-order valence-corrected chi connectivity index (χ1v) is 12.1. The first kappa shape index (κ1) is 23.6. The fourth-order valence-electron chi connectivity index (χ4n) is 3.81. The fraction of sp³-hybridized carbons (Fsp3) is 0.259. The molecule has 4 rings (SSSR count).